The highest BCUT2D eigenvalue weighted by atomic mass is 79.9. The molecule has 0 aliphatic rings. The molecular weight excluding hydrogens is 1370 g/mol. The first-order chi connectivity index (χ1) is 51.8. The first-order valence-corrected chi connectivity index (χ1v) is 38.9. The van der Waals surface area contributed by atoms with Crippen molar-refractivity contribution >= 4 is 39.8 Å². The monoisotopic (exact) mass is 1470 g/mol. The summed E-state index contributed by atoms with van der Waals surface area (Å²) in [6.07, 6.45) is 21.4. The predicted molar refractivity (Wildman–Crippen MR) is 425 cm³/mol. The van der Waals surface area contributed by atoms with Gasteiger partial charge in [-0.05, 0) is 81.3 Å². The van der Waals surface area contributed by atoms with Crippen LogP contribution in [0.2, 0.25) is 0 Å². The van der Waals surface area contributed by atoms with Gasteiger partial charge in [-0.1, -0.05) is 416 Å². The molecule has 548 valence electrons. The van der Waals surface area contributed by atoms with Crippen LogP contribution in [0.5, 0.6) is 0 Å². The van der Waals surface area contributed by atoms with Gasteiger partial charge in [-0.2, -0.15) is 0 Å². The molecule has 0 spiro atoms. The largest absolute Gasteiger partial charge is 0.460 e. The Morgan fingerprint density at radius 3 is 0.714 bits per heavy atom. The van der Waals surface area contributed by atoms with Crippen LogP contribution in [0.1, 0.15) is 184 Å². The van der Waals surface area contributed by atoms with Crippen LogP contribution in [-0.2, 0) is 85.2 Å². The summed E-state index contributed by atoms with van der Waals surface area (Å²) in [6.45, 7) is 2.02. The molecule has 0 amide bonds. The molecule has 0 bridgehead atoms. The topological polar surface area (TPSA) is 124 Å². The van der Waals surface area contributed by atoms with Crippen LogP contribution in [0, 0.1) is 5.92 Å². The molecule has 0 saturated heterocycles. The maximum absolute atomic E-state index is 13.0. The van der Waals surface area contributed by atoms with E-state index in [0.717, 1.165) is 95.8 Å². The van der Waals surface area contributed by atoms with Gasteiger partial charge in [0.1, 0.15) is 44.1 Å². The smallest absolute Gasteiger partial charge is 0.320 e. The number of ether oxygens (including phenoxy) is 6. The molecule has 0 fully saturated rings. The molecule has 0 heterocycles. The minimum absolute atomic E-state index is 0.141. The molecule has 0 unspecified atom stereocenters. The van der Waals surface area contributed by atoms with Crippen molar-refractivity contribution in [1.82, 2.24) is 0 Å². The van der Waals surface area contributed by atoms with Crippen LogP contribution in [-0.4, -0.2) is 42.4 Å². The Bertz CT molecular complexity index is 3610. The van der Waals surface area contributed by atoms with Crippen LogP contribution in [0.3, 0.4) is 0 Å². The Kier molecular flexibility index (Phi) is 37.5. The second-order valence-corrected chi connectivity index (χ2v) is 27.1. The highest BCUT2D eigenvalue weighted by molar-refractivity contribution is 9.09. The van der Waals surface area contributed by atoms with Crippen LogP contribution in [0.15, 0.2) is 303 Å². The summed E-state index contributed by atoms with van der Waals surface area (Å²) in [5.41, 5.74) is 9.22. The number of esters is 4. The van der Waals surface area contributed by atoms with Gasteiger partial charge in [-0.15, -0.1) is 0 Å². The van der Waals surface area contributed by atoms with Crippen molar-refractivity contribution in [1.29, 1.82) is 0 Å². The zero-order chi connectivity index (χ0) is 73.4. The minimum Gasteiger partial charge on any atom is -0.460 e. The van der Waals surface area contributed by atoms with E-state index in [0.29, 0.717) is 13.0 Å². The Morgan fingerprint density at radius 2 is 0.467 bits per heavy atom. The number of unbranched alkanes of at least 4 members (excludes halogenated alkanes) is 16. The summed E-state index contributed by atoms with van der Waals surface area (Å²) in [4.78, 5) is 49.1. The third-order valence-electron chi connectivity index (χ3n) is 18.4. The van der Waals surface area contributed by atoms with Crippen LogP contribution in [0.4, 0.5) is 0 Å². The highest BCUT2D eigenvalue weighted by Crippen LogP contribution is 2.42. The Hall–Kier alpha value is -9.52. The minimum atomic E-state index is -0.918. The summed E-state index contributed by atoms with van der Waals surface area (Å²) in [6, 6.07) is 101. The fourth-order valence-electron chi connectivity index (χ4n) is 12.8. The summed E-state index contributed by atoms with van der Waals surface area (Å²) in [5, 5.41) is 1.14. The summed E-state index contributed by atoms with van der Waals surface area (Å²) < 4.78 is 34.9. The van der Waals surface area contributed by atoms with E-state index in [-0.39, 0.29) is 32.8 Å². The van der Waals surface area contributed by atoms with Crippen molar-refractivity contribution < 1.29 is 47.6 Å². The Balaban J connectivity index is 0.000000222. The number of rotatable bonds is 43. The molecule has 0 aliphatic carbocycles. The maximum Gasteiger partial charge on any atom is 0.320 e. The van der Waals surface area contributed by atoms with E-state index in [4.69, 9.17) is 28.4 Å². The van der Waals surface area contributed by atoms with E-state index < -0.39 is 41.0 Å². The Morgan fingerprint density at radius 1 is 0.257 bits per heavy atom. The number of alkyl halides is 1. The number of carbonyl (C=O) groups is 4. The standard InChI is InChI=1S/C47H52O5.C30H37BrO.C17H16O4/c48-45(50-37-39-25-13-8-14-26-39)44(46(49)51-38-40-27-15-9-16-28-40)35-23-6-4-2-1-3-5-7-24-36-52-47(41-29-17-10-18-30-41,42-31-19-11-20-32-42)43-33-21-12-22-34-43;31-25-17-6-4-2-1-3-5-7-18-26-32-30(27-19-11-8-12-20-27,28-21-13-9-14-22-28)29-23-15-10-16-24-29;18-16(20-12-14-7-3-1-4-8-14)11-17(19)21-13-15-9-5-2-6-10-15/h8-22,25-34,44H,1-7,23-24,35-38H2;8-16,19-24H,1-7,17-18,25-26H2;1-10H,11-13H2. The zero-order valence-corrected chi connectivity index (χ0v) is 62.6. The molecule has 10 aromatic carbocycles. The van der Waals surface area contributed by atoms with Gasteiger partial charge in [0.05, 0.1) is 0 Å². The SMILES string of the molecule is BrCCCCCCCCCCCOC(c1ccccc1)(c1ccccc1)c1ccccc1.O=C(CC(=O)OCc1ccccc1)OCc1ccccc1.O=C(OCc1ccccc1)C(CCCCCCCCCCCOC(c1ccccc1)(c1ccccc1)c1ccccc1)C(=O)OCc1ccccc1. The molecule has 0 saturated carbocycles. The first kappa shape index (κ1) is 81.2. The van der Waals surface area contributed by atoms with Crippen molar-refractivity contribution in [3.05, 3.63) is 359 Å². The average Bonchev–Trinajstić information content (AvgIpc) is 0.767. The molecular formula is C94H105BrO10. The van der Waals surface area contributed by atoms with E-state index in [9.17, 15) is 19.2 Å². The molecule has 10 aromatic rings. The van der Waals surface area contributed by atoms with Gasteiger partial charge in [0.2, 0.25) is 0 Å². The number of hydrogen-bond donors (Lipinski definition) is 0. The fourth-order valence-corrected chi connectivity index (χ4v) is 13.2. The normalized spacial score (nSPS) is 11.1. The zero-order valence-electron chi connectivity index (χ0n) is 61.0. The van der Waals surface area contributed by atoms with Gasteiger partial charge >= 0.3 is 23.9 Å². The van der Waals surface area contributed by atoms with E-state index >= 15 is 0 Å². The van der Waals surface area contributed by atoms with Crippen LogP contribution >= 0.6 is 15.9 Å². The number of carbonyl (C=O) groups excluding carboxylic acids is 4. The van der Waals surface area contributed by atoms with E-state index in [1.165, 1.54) is 87.3 Å². The van der Waals surface area contributed by atoms with Crippen LogP contribution < -0.4 is 0 Å². The molecule has 0 aliphatic heterocycles. The lowest BCUT2D eigenvalue weighted by Gasteiger charge is -2.36. The predicted octanol–water partition coefficient (Wildman–Crippen LogP) is 22.8. The Labute approximate surface area is 633 Å². The molecule has 0 aromatic heterocycles. The summed E-state index contributed by atoms with van der Waals surface area (Å²) >= 11 is 3.51. The lowest BCUT2D eigenvalue weighted by molar-refractivity contribution is -0.164. The third kappa shape index (κ3) is 28.5. The molecule has 0 N–H and O–H groups in total. The second kappa shape index (κ2) is 48.5. The van der Waals surface area contributed by atoms with Gasteiger partial charge in [-0.25, -0.2) is 0 Å². The van der Waals surface area contributed by atoms with Crippen molar-refractivity contribution in [2.24, 2.45) is 5.92 Å². The molecule has 11 heteroatoms. The fraction of sp³-hybridized carbons (Fsp3) is 0.319. The van der Waals surface area contributed by atoms with E-state index in [2.05, 4.69) is 198 Å². The number of benzene rings is 10. The second-order valence-electron chi connectivity index (χ2n) is 26.3. The van der Waals surface area contributed by atoms with Crippen molar-refractivity contribution in [3.8, 4) is 0 Å². The lowest BCUT2D eigenvalue weighted by atomic mass is 9.80. The maximum atomic E-state index is 13.0. The quantitative estimate of drug-likeness (QED) is 0.00911. The van der Waals surface area contributed by atoms with Crippen molar-refractivity contribution in [2.45, 2.75) is 166 Å². The molecule has 0 atom stereocenters. The number of hydrogen-bond acceptors (Lipinski definition) is 10. The third-order valence-corrected chi connectivity index (χ3v) is 19.0. The lowest BCUT2D eigenvalue weighted by Crippen LogP contribution is -2.33. The highest BCUT2D eigenvalue weighted by Gasteiger charge is 2.39. The van der Waals surface area contributed by atoms with E-state index in [1.807, 2.05) is 121 Å². The average molecular weight is 1470 g/mol. The van der Waals surface area contributed by atoms with Gasteiger partial charge in [0.25, 0.3) is 0 Å². The first-order valence-electron chi connectivity index (χ1n) is 37.8. The van der Waals surface area contributed by atoms with Crippen LogP contribution in [0.25, 0.3) is 0 Å². The van der Waals surface area contributed by atoms with Crippen molar-refractivity contribution in [2.75, 3.05) is 18.5 Å². The molecule has 10 rings (SSSR count). The summed E-state index contributed by atoms with van der Waals surface area (Å²) in [7, 11) is 0. The molecule has 0 radical (unpaired) electrons. The van der Waals surface area contributed by atoms with E-state index in [1.54, 1.807) is 0 Å². The molecule has 10 nitrogen and oxygen atoms in total. The van der Waals surface area contributed by atoms with Crippen molar-refractivity contribution in [3.63, 3.8) is 0 Å². The number of halogens is 1. The molecule has 105 heavy (non-hydrogen) atoms. The summed E-state index contributed by atoms with van der Waals surface area (Å²) in [5.74, 6) is -3.12. The van der Waals surface area contributed by atoms with Gasteiger partial charge in [0.15, 0.2) is 5.92 Å². The van der Waals surface area contributed by atoms with Gasteiger partial charge in [-0.3, -0.25) is 19.2 Å². The van der Waals surface area contributed by atoms with Gasteiger partial charge in [0, 0.05) is 18.5 Å². The van der Waals surface area contributed by atoms with Gasteiger partial charge < -0.3 is 28.4 Å².